The standard InChI is InChI=1S/C23H32N2OS.C2H2O4/c1-22(2,3)16-13-15(14-17(20(16)26)23(4,5)6)10-11-19-25-18-9-7-8-12-24-21(18)27-19;3-1(4)2(5)6/h10-11,13-14,24,26H,7-9,12H2,1-6H3;(H,3,4)(H,5,6)/b11-10+;. The number of nitrogens with one attached hydrogen (secondary N) is 1. The largest absolute Gasteiger partial charge is 0.507 e. The Labute approximate surface area is 199 Å². The summed E-state index contributed by atoms with van der Waals surface area (Å²) in [7, 11) is 0. The van der Waals surface area contributed by atoms with E-state index < -0.39 is 11.9 Å². The van der Waals surface area contributed by atoms with E-state index in [0.717, 1.165) is 34.7 Å². The van der Waals surface area contributed by atoms with Crippen LogP contribution in [0.3, 0.4) is 0 Å². The molecule has 2 heterocycles. The first-order valence-corrected chi connectivity index (χ1v) is 11.8. The minimum atomic E-state index is -1.82. The van der Waals surface area contributed by atoms with E-state index in [4.69, 9.17) is 24.8 Å². The van der Waals surface area contributed by atoms with Gasteiger partial charge in [-0.2, -0.15) is 0 Å². The normalized spacial score (nSPS) is 14.0. The molecule has 180 valence electrons. The van der Waals surface area contributed by atoms with Crippen LogP contribution < -0.4 is 5.32 Å². The highest BCUT2D eigenvalue weighted by Crippen LogP contribution is 2.40. The Kier molecular flexibility index (Phi) is 8.30. The van der Waals surface area contributed by atoms with Gasteiger partial charge in [0.2, 0.25) is 0 Å². The van der Waals surface area contributed by atoms with Crippen molar-refractivity contribution in [1.82, 2.24) is 4.98 Å². The summed E-state index contributed by atoms with van der Waals surface area (Å²) >= 11 is 1.73. The monoisotopic (exact) mass is 474 g/mol. The average Bonchev–Trinajstić information content (AvgIpc) is 2.94. The number of hydrogen-bond donors (Lipinski definition) is 4. The minimum absolute atomic E-state index is 0.115. The molecule has 0 saturated carbocycles. The van der Waals surface area contributed by atoms with Gasteiger partial charge in [-0.3, -0.25) is 0 Å². The summed E-state index contributed by atoms with van der Waals surface area (Å²) in [6.45, 7) is 13.9. The lowest BCUT2D eigenvalue weighted by Gasteiger charge is -2.27. The summed E-state index contributed by atoms with van der Waals surface area (Å²) < 4.78 is 0. The molecule has 3 rings (SSSR count). The first-order chi connectivity index (χ1) is 15.2. The van der Waals surface area contributed by atoms with Crippen LogP contribution >= 0.6 is 11.3 Å². The number of rotatable bonds is 2. The van der Waals surface area contributed by atoms with E-state index in [1.165, 1.54) is 23.5 Å². The molecule has 1 aromatic carbocycles. The van der Waals surface area contributed by atoms with Gasteiger partial charge in [-0.25, -0.2) is 14.6 Å². The summed E-state index contributed by atoms with van der Waals surface area (Å²) in [6, 6.07) is 4.22. The zero-order chi connectivity index (χ0) is 25.0. The SMILES string of the molecule is CC(C)(C)c1cc(/C=C/c2nc3c(s2)NCCCC3)cc(C(C)(C)C)c1O.O=C(O)C(=O)O. The van der Waals surface area contributed by atoms with Crippen molar-refractivity contribution in [1.29, 1.82) is 0 Å². The number of aromatic hydroxyl groups is 1. The van der Waals surface area contributed by atoms with Crippen LogP contribution in [0.15, 0.2) is 12.1 Å². The Bertz CT molecular complexity index is 972. The lowest BCUT2D eigenvalue weighted by atomic mass is 9.78. The highest BCUT2D eigenvalue weighted by atomic mass is 32.1. The Morgan fingerprint density at radius 2 is 1.52 bits per heavy atom. The fourth-order valence-electron chi connectivity index (χ4n) is 3.43. The fraction of sp³-hybridized carbons (Fsp3) is 0.480. The zero-order valence-corrected chi connectivity index (χ0v) is 21.0. The van der Waals surface area contributed by atoms with Crippen LogP contribution in [0.2, 0.25) is 0 Å². The Hall–Kier alpha value is -2.87. The van der Waals surface area contributed by atoms with Crippen LogP contribution in [0.5, 0.6) is 5.75 Å². The van der Waals surface area contributed by atoms with Gasteiger partial charge in [0.05, 0.1) is 5.69 Å². The van der Waals surface area contributed by atoms with Gasteiger partial charge in [-0.1, -0.05) is 59.0 Å². The summed E-state index contributed by atoms with van der Waals surface area (Å²) in [5.74, 6) is -3.22. The number of phenols is 1. The van der Waals surface area contributed by atoms with Crippen LogP contribution in [0.25, 0.3) is 12.2 Å². The van der Waals surface area contributed by atoms with E-state index in [1.807, 2.05) is 0 Å². The number of phenolic OH excluding ortho intramolecular Hbond substituents is 1. The molecule has 2 aromatic rings. The highest BCUT2D eigenvalue weighted by Gasteiger charge is 2.26. The number of thiazole rings is 1. The van der Waals surface area contributed by atoms with Crippen molar-refractivity contribution in [2.24, 2.45) is 0 Å². The maximum absolute atomic E-state index is 10.9. The van der Waals surface area contributed by atoms with Crippen molar-refractivity contribution in [2.75, 3.05) is 11.9 Å². The van der Waals surface area contributed by atoms with Gasteiger partial charge in [-0.05, 0) is 53.9 Å². The molecule has 0 unspecified atom stereocenters. The first kappa shape index (κ1) is 26.4. The second-order valence-electron chi connectivity index (χ2n) is 10.1. The third-order valence-electron chi connectivity index (χ3n) is 5.19. The van der Waals surface area contributed by atoms with E-state index in [0.29, 0.717) is 5.75 Å². The van der Waals surface area contributed by atoms with Crippen molar-refractivity contribution in [3.05, 3.63) is 39.5 Å². The lowest BCUT2D eigenvalue weighted by molar-refractivity contribution is -0.159. The molecule has 4 N–H and O–H groups in total. The number of hydrogen-bond acceptors (Lipinski definition) is 6. The molecule has 0 spiro atoms. The number of nitrogens with zero attached hydrogens (tertiary/aromatic N) is 1. The van der Waals surface area contributed by atoms with Crippen molar-refractivity contribution >= 4 is 40.4 Å². The second kappa shape index (κ2) is 10.4. The number of carboxylic acid groups (broad SMARTS) is 2. The molecule has 0 aliphatic carbocycles. The molecular formula is C25H34N2O5S. The molecule has 33 heavy (non-hydrogen) atoms. The van der Waals surface area contributed by atoms with Crippen LogP contribution in [0.1, 0.15) is 81.8 Å². The number of aromatic nitrogens is 1. The van der Waals surface area contributed by atoms with Crippen LogP contribution in [0.4, 0.5) is 5.00 Å². The molecule has 8 heteroatoms. The smallest absolute Gasteiger partial charge is 0.414 e. The van der Waals surface area contributed by atoms with Crippen molar-refractivity contribution < 1.29 is 24.9 Å². The van der Waals surface area contributed by atoms with Gasteiger partial charge in [0.1, 0.15) is 15.8 Å². The third-order valence-corrected chi connectivity index (χ3v) is 6.21. The van der Waals surface area contributed by atoms with Crippen LogP contribution in [-0.4, -0.2) is 38.8 Å². The molecule has 0 bridgehead atoms. The molecule has 0 fully saturated rings. The number of carbonyl (C=O) groups is 2. The van der Waals surface area contributed by atoms with Gasteiger partial charge >= 0.3 is 11.9 Å². The summed E-state index contributed by atoms with van der Waals surface area (Å²) in [5, 5.41) is 31.4. The minimum Gasteiger partial charge on any atom is -0.507 e. The van der Waals surface area contributed by atoms with Gasteiger partial charge in [0.15, 0.2) is 0 Å². The molecule has 1 aromatic heterocycles. The Balaban J connectivity index is 0.000000569. The van der Waals surface area contributed by atoms with Crippen molar-refractivity contribution in [2.45, 2.75) is 71.6 Å². The topological polar surface area (TPSA) is 120 Å². The van der Waals surface area contributed by atoms with E-state index in [-0.39, 0.29) is 10.8 Å². The molecule has 0 amide bonds. The second-order valence-corrected chi connectivity index (χ2v) is 11.2. The maximum atomic E-state index is 10.9. The van der Waals surface area contributed by atoms with Crippen molar-refractivity contribution in [3.63, 3.8) is 0 Å². The molecular weight excluding hydrogens is 440 g/mol. The number of aryl methyl sites for hydroxylation is 1. The Morgan fingerprint density at radius 1 is 0.970 bits per heavy atom. The van der Waals surface area contributed by atoms with Gasteiger partial charge < -0.3 is 20.6 Å². The van der Waals surface area contributed by atoms with Crippen LogP contribution in [0, 0.1) is 0 Å². The molecule has 0 radical (unpaired) electrons. The van der Waals surface area contributed by atoms with E-state index in [2.05, 4.69) is 71.1 Å². The number of benzene rings is 1. The number of fused-ring (bicyclic) bond motifs is 1. The maximum Gasteiger partial charge on any atom is 0.414 e. The molecule has 0 saturated heterocycles. The average molecular weight is 475 g/mol. The number of carboxylic acids is 2. The summed E-state index contributed by atoms with van der Waals surface area (Å²) in [4.78, 5) is 23.0. The van der Waals surface area contributed by atoms with E-state index in [9.17, 15) is 5.11 Å². The highest BCUT2D eigenvalue weighted by molar-refractivity contribution is 7.16. The number of aliphatic carboxylic acids is 2. The first-order valence-electron chi connectivity index (χ1n) is 11.0. The predicted molar refractivity (Wildman–Crippen MR) is 133 cm³/mol. The van der Waals surface area contributed by atoms with Crippen molar-refractivity contribution in [3.8, 4) is 5.75 Å². The zero-order valence-electron chi connectivity index (χ0n) is 20.2. The predicted octanol–water partition coefficient (Wildman–Crippen LogP) is 5.52. The quantitative estimate of drug-likeness (QED) is 0.423. The van der Waals surface area contributed by atoms with E-state index in [1.54, 1.807) is 11.3 Å². The summed E-state index contributed by atoms with van der Waals surface area (Å²) in [5.41, 5.74) is 4.07. The van der Waals surface area contributed by atoms with E-state index >= 15 is 0 Å². The lowest BCUT2D eigenvalue weighted by Crippen LogP contribution is -2.17. The molecule has 1 aliphatic heterocycles. The third kappa shape index (κ3) is 7.32. The Morgan fingerprint density at radius 3 is 2.00 bits per heavy atom. The fourth-order valence-corrected chi connectivity index (χ4v) is 4.37. The molecule has 7 nitrogen and oxygen atoms in total. The number of anilines is 1. The molecule has 1 aliphatic rings. The van der Waals surface area contributed by atoms with Crippen LogP contribution in [-0.2, 0) is 26.8 Å². The van der Waals surface area contributed by atoms with Gasteiger partial charge in [-0.15, -0.1) is 0 Å². The van der Waals surface area contributed by atoms with Gasteiger partial charge in [0.25, 0.3) is 0 Å². The van der Waals surface area contributed by atoms with Gasteiger partial charge in [0, 0.05) is 17.7 Å². The summed E-state index contributed by atoms with van der Waals surface area (Å²) in [6.07, 6.45) is 7.71. The molecule has 0 atom stereocenters.